The molecule has 0 spiro atoms. The van der Waals surface area contributed by atoms with Gasteiger partial charge in [0, 0.05) is 68.2 Å². The first kappa shape index (κ1) is 69.3. The van der Waals surface area contributed by atoms with Crippen molar-refractivity contribution >= 4 is 35.7 Å². The molecule has 1 radical (unpaired) electrons. The number of halogens is 21. The predicted molar refractivity (Wildman–Crippen MR) is 176 cm³/mol. The van der Waals surface area contributed by atoms with Crippen molar-refractivity contribution in [3.05, 3.63) is 35.5 Å². The van der Waals surface area contributed by atoms with Crippen LogP contribution in [0.5, 0.6) is 0 Å². The van der Waals surface area contributed by atoms with Gasteiger partial charge in [0.2, 0.25) is 0 Å². The van der Waals surface area contributed by atoms with Gasteiger partial charge in [-0.05, 0) is 54.4 Å². The van der Waals surface area contributed by atoms with Crippen LogP contribution in [-0.4, -0.2) is 112 Å². The third-order valence-corrected chi connectivity index (χ3v) is 6.68. The van der Waals surface area contributed by atoms with Crippen LogP contribution in [0.3, 0.4) is 0 Å². The van der Waals surface area contributed by atoms with E-state index in [0.717, 1.165) is 0 Å². The van der Waals surface area contributed by atoms with Crippen molar-refractivity contribution in [3.63, 3.8) is 0 Å². The fourth-order valence-corrected chi connectivity index (χ4v) is 2.79. The molecule has 0 aromatic heterocycles. The van der Waals surface area contributed by atoms with E-state index in [1.807, 2.05) is 0 Å². The summed E-state index contributed by atoms with van der Waals surface area (Å²) in [5, 5.41) is 34.6. The third-order valence-electron chi connectivity index (χ3n) is 6.68. The fraction of sp³-hybridized carbons (Fsp3) is 0.677. The van der Waals surface area contributed by atoms with Crippen LogP contribution in [0.1, 0.15) is 67.2 Å². The molecule has 371 valence electrons. The summed E-state index contributed by atoms with van der Waals surface area (Å²) in [4.78, 5) is 37.7. The molecule has 0 aliphatic carbocycles. The van der Waals surface area contributed by atoms with Crippen molar-refractivity contribution in [2.45, 2.75) is 121 Å². The molecule has 0 saturated heterocycles. The zero-order chi connectivity index (χ0) is 51.5. The number of hydrogen-bond acceptors (Lipinski definition) is 6. The average molecular weight is 1130 g/mol. The Morgan fingerprint density at radius 1 is 0.460 bits per heavy atom. The minimum Gasteiger partial charge on any atom is -0.506 e. The van der Waals surface area contributed by atoms with Gasteiger partial charge in [-0.2, -0.15) is 92.2 Å². The van der Waals surface area contributed by atoms with E-state index in [9.17, 15) is 107 Å². The maximum atomic E-state index is 13.0. The van der Waals surface area contributed by atoms with Gasteiger partial charge >= 0.3 is 77.4 Å². The number of nitrogens with one attached hydrogen (secondary N) is 1. The van der Waals surface area contributed by atoms with Gasteiger partial charge in [-0.3, -0.25) is 19.2 Å². The molecule has 0 atom stereocenters. The fourth-order valence-electron chi connectivity index (χ4n) is 2.79. The minimum atomic E-state index is -6.60. The minimum absolute atomic E-state index is 0. The van der Waals surface area contributed by atoms with Crippen molar-refractivity contribution in [1.82, 2.24) is 0 Å². The van der Waals surface area contributed by atoms with Crippen LogP contribution in [0.4, 0.5) is 92.2 Å². The number of ketones is 3. The number of hydrogen-bond donors (Lipinski definition) is 5. The van der Waals surface area contributed by atoms with Crippen molar-refractivity contribution in [1.29, 1.82) is 4.78 Å². The number of allylic oxidation sites excluding steroid dienone is 6. The smallest absolute Gasteiger partial charge is 0.460 e. The summed E-state index contributed by atoms with van der Waals surface area (Å²) in [7, 11) is 0. The second-order valence-electron chi connectivity index (χ2n) is 13.9. The maximum Gasteiger partial charge on any atom is 0.460 e. The Labute approximate surface area is 387 Å². The number of unbranched alkanes of at least 4 members (excludes halogenated alkanes) is 1. The largest absolute Gasteiger partial charge is 0.506 e. The van der Waals surface area contributed by atoms with Gasteiger partial charge in [0.15, 0.2) is 17.3 Å². The molecule has 63 heavy (non-hydrogen) atoms. The standard InChI is InChI=1S/C11H11F7O4.2C10H11F7O2.Eu.HNS/c12-9(13,10(14,15)11(16,17)18)7(20)5-6(19)3-1-2-4-8(21)22;2*1-7(2,3)5(18)4-6(19)8(11,12)9(13,14)10(15,16)17;;1-2/h5,20H,1-4H2,(H,21,22);2*4,19H,1-3H3;;1H/p+3. The number of carbonyl (C=O) groups excluding carboxylic acids is 3. The van der Waals surface area contributed by atoms with Crippen molar-refractivity contribution < 1.29 is 181 Å². The zero-order valence-corrected chi connectivity index (χ0v) is 35.6. The molecule has 32 heteroatoms. The van der Waals surface area contributed by atoms with Crippen LogP contribution >= 0.6 is 0 Å². The Hall–Kier alpha value is -2.77. The first-order valence-corrected chi connectivity index (χ1v) is 16.0. The Morgan fingerprint density at radius 2 is 0.667 bits per heavy atom. The summed E-state index contributed by atoms with van der Waals surface area (Å²) in [5.74, 6) is -49.1. The van der Waals surface area contributed by atoms with Gasteiger partial charge in [-0.15, -0.1) is 0 Å². The molecule has 0 amide bonds. The molecule has 0 rings (SSSR count). The summed E-state index contributed by atoms with van der Waals surface area (Å²) < 4.78 is 265. The second kappa shape index (κ2) is 24.1. The van der Waals surface area contributed by atoms with E-state index in [4.69, 9.17) is 30.0 Å². The number of aliphatic hydroxyl groups is 3. The van der Waals surface area contributed by atoms with E-state index < -0.39 is 112 Å². The Morgan fingerprint density at radius 3 is 0.857 bits per heavy atom. The number of aliphatic hydroxyl groups excluding tert-OH is 3. The molecule has 0 heterocycles. The molecule has 0 aromatic rings. The van der Waals surface area contributed by atoms with E-state index in [2.05, 4.69) is 12.4 Å². The number of alkyl halides is 21. The molecule has 0 bridgehead atoms. The molecule has 0 aromatic carbocycles. The number of carbonyl (C=O) groups is 1. The average Bonchev–Trinajstić information content (AvgIpc) is 3.05. The van der Waals surface area contributed by atoms with Crippen LogP contribution in [0.2, 0.25) is 0 Å². The predicted octanol–water partition coefficient (Wildman–Crippen LogP) is 11.5. The normalized spacial score (nSPS) is 14.4. The SMILES string of the molecule is CC(C)(C)C(=[OH+])C=C(O)C(F)(F)C(F)(F)C(F)(F)F.CC(C)(C)C(=[OH+])C=C(O)C(F)(F)C(F)(F)C(F)(F)F.N=S.O=C(O)CCCCC(=[OH+])C=C(O)C(F)(F)C(F)(F)C(F)(F)F.[Eu]. The van der Waals surface area contributed by atoms with E-state index in [1.165, 1.54) is 41.5 Å². The van der Waals surface area contributed by atoms with Crippen LogP contribution in [0.15, 0.2) is 35.5 Å². The molecule has 0 fully saturated rings. The number of aliphatic carboxylic acids is 1. The van der Waals surface area contributed by atoms with Gasteiger partial charge in [-0.25, -0.2) is 4.78 Å². The van der Waals surface area contributed by atoms with Gasteiger partial charge in [0.25, 0.3) is 0 Å². The van der Waals surface area contributed by atoms with E-state index >= 15 is 0 Å². The first-order chi connectivity index (χ1) is 26.8. The zero-order valence-electron chi connectivity index (χ0n) is 32.3. The van der Waals surface area contributed by atoms with Crippen LogP contribution in [0.25, 0.3) is 0 Å². The molecule has 8 N–H and O–H groups in total. The summed E-state index contributed by atoms with van der Waals surface area (Å²) in [6, 6.07) is 0. The summed E-state index contributed by atoms with van der Waals surface area (Å²) in [6.07, 6.45) is -21.3. The summed E-state index contributed by atoms with van der Waals surface area (Å²) in [6.45, 7) is 7.62. The van der Waals surface area contributed by atoms with Crippen LogP contribution in [-0.2, 0) is 17.2 Å². The number of rotatable bonds is 14. The quantitative estimate of drug-likeness (QED) is 0.0379. The second-order valence-corrected chi connectivity index (χ2v) is 13.9. The molecular formula is C31H37EuF21NO8S+3. The monoisotopic (exact) mass is 1140 g/mol. The van der Waals surface area contributed by atoms with Gasteiger partial charge < -0.3 is 20.4 Å². The third kappa shape index (κ3) is 19.3. The Balaban J connectivity index is -0.000000260. The molecule has 0 aliphatic rings. The molecule has 0 aliphatic heterocycles. The van der Waals surface area contributed by atoms with E-state index in [0.29, 0.717) is 0 Å². The maximum absolute atomic E-state index is 13.0. The van der Waals surface area contributed by atoms with Gasteiger partial charge in [-0.1, -0.05) is 0 Å². The topological polar surface area (TPSA) is 186 Å². The molecular weight excluding hydrogens is 1100 g/mol. The number of carboxylic acid groups (broad SMARTS) is 1. The van der Waals surface area contributed by atoms with Gasteiger partial charge in [0.05, 0.1) is 35.5 Å². The molecule has 0 unspecified atom stereocenters. The van der Waals surface area contributed by atoms with Crippen molar-refractivity contribution in [2.75, 3.05) is 0 Å². The number of carboxylic acids is 1. The van der Waals surface area contributed by atoms with E-state index in [-0.39, 0.29) is 86.9 Å². The summed E-state index contributed by atoms with van der Waals surface area (Å²) >= 11 is 3.33. The molecule has 9 nitrogen and oxygen atoms in total. The van der Waals surface area contributed by atoms with Crippen LogP contribution in [0, 0.1) is 65.0 Å². The van der Waals surface area contributed by atoms with Gasteiger partial charge in [0.1, 0.15) is 0 Å². The first-order valence-electron chi connectivity index (χ1n) is 15.6. The van der Waals surface area contributed by atoms with Crippen molar-refractivity contribution in [2.24, 2.45) is 10.8 Å². The Kier molecular flexibility index (Phi) is 26.5. The summed E-state index contributed by atoms with van der Waals surface area (Å²) in [5.41, 5.74) is -2.42. The van der Waals surface area contributed by atoms with Crippen LogP contribution < -0.4 is 0 Å². The molecule has 0 saturated carbocycles. The van der Waals surface area contributed by atoms with Crippen molar-refractivity contribution in [3.8, 4) is 0 Å². The van der Waals surface area contributed by atoms with E-state index in [1.54, 1.807) is 0 Å². The Bertz CT molecular complexity index is 1570.